The molecule has 2 N–H and O–H groups in total. The molecule has 0 atom stereocenters. The molecule has 140 valence electrons. The van der Waals surface area contributed by atoms with Crippen LogP contribution in [-0.2, 0) is 11.2 Å². The summed E-state index contributed by atoms with van der Waals surface area (Å²) < 4.78 is 43.9. The molecule has 0 aromatic heterocycles. The van der Waals surface area contributed by atoms with Gasteiger partial charge in [0.1, 0.15) is 5.60 Å². The standard InChI is InChI=1S/C18H25F3N2O2/c1-17(2,3)25-16(24)23-8-6-12(7-9-23)15-5-4-14(22)10-13(15)11-18(19,20)21/h4-5,10,12H,6-9,11,22H2,1-3H3. The number of benzene rings is 1. The molecular formula is C18H25F3N2O2. The van der Waals surface area contributed by atoms with Gasteiger partial charge in [0.05, 0.1) is 6.42 Å². The Morgan fingerprint density at radius 1 is 1.24 bits per heavy atom. The zero-order valence-electron chi connectivity index (χ0n) is 14.8. The van der Waals surface area contributed by atoms with E-state index in [4.69, 9.17) is 10.5 Å². The molecule has 4 nitrogen and oxygen atoms in total. The van der Waals surface area contributed by atoms with Crippen LogP contribution in [-0.4, -0.2) is 35.9 Å². The fourth-order valence-electron chi connectivity index (χ4n) is 3.09. The van der Waals surface area contributed by atoms with Crippen molar-refractivity contribution >= 4 is 11.8 Å². The molecule has 0 saturated carbocycles. The molecule has 1 saturated heterocycles. The second-order valence-corrected chi connectivity index (χ2v) is 7.49. The van der Waals surface area contributed by atoms with Gasteiger partial charge in [-0.25, -0.2) is 4.79 Å². The number of carbonyl (C=O) groups excluding carboxylic acids is 1. The first-order valence-corrected chi connectivity index (χ1v) is 8.37. The van der Waals surface area contributed by atoms with Crippen LogP contribution in [0.1, 0.15) is 50.7 Å². The van der Waals surface area contributed by atoms with Crippen molar-refractivity contribution in [1.29, 1.82) is 0 Å². The summed E-state index contributed by atoms with van der Waals surface area (Å²) in [4.78, 5) is 13.7. The van der Waals surface area contributed by atoms with Crippen molar-refractivity contribution in [3.05, 3.63) is 29.3 Å². The topological polar surface area (TPSA) is 55.6 Å². The van der Waals surface area contributed by atoms with Crippen molar-refractivity contribution in [2.75, 3.05) is 18.8 Å². The highest BCUT2D eigenvalue weighted by Crippen LogP contribution is 2.34. The number of amides is 1. The van der Waals surface area contributed by atoms with E-state index in [0.29, 0.717) is 37.2 Å². The highest BCUT2D eigenvalue weighted by Gasteiger charge is 2.32. The van der Waals surface area contributed by atoms with E-state index in [-0.39, 0.29) is 17.6 Å². The maximum absolute atomic E-state index is 12.8. The van der Waals surface area contributed by atoms with Gasteiger partial charge in [0.25, 0.3) is 0 Å². The maximum atomic E-state index is 12.8. The van der Waals surface area contributed by atoms with Crippen LogP contribution in [0, 0.1) is 0 Å². The number of carbonyl (C=O) groups is 1. The number of halogens is 3. The van der Waals surface area contributed by atoms with Gasteiger partial charge in [-0.15, -0.1) is 0 Å². The van der Waals surface area contributed by atoms with E-state index >= 15 is 0 Å². The summed E-state index contributed by atoms with van der Waals surface area (Å²) >= 11 is 0. The first-order chi connectivity index (χ1) is 11.4. The Labute approximate surface area is 146 Å². The number of nitrogens with zero attached hydrogens (tertiary/aromatic N) is 1. The monoisotopic (exact) mass is 358 g/mol. The molecule has 0 bridgehead atoms. The van der Waals surface area contributed by atoms with Crippen molar-refractivity contribution in [3.63, 3.8) is 0 Å². The van der Waals surface area contributed by atoms with Gasteiger partial charge in [-0.2, -0.15) is 13.2 Å². The van der Waals surface area contributed by atoms with Crippen LogP contribution >= 0.6 is 0 Å². The van der Waals surface area contributed by atoms with Crippen LogP contribution in [0.3, 0.4) is 0 Å². The Bertz CT molecular complexity index is 616. The Morgan fingerprint density at radius 2 is 1.84 bits per heavy atom. The zero-order chi connectivity index (χ0) is 18.8. The average Bonchev–Trinajstić information content (AvgIpc) is 2.44. The summed E-state index contributed by atoms with van der Waals surface area (Å²) in [5, 5.41) is 0. The van der Waals surface area contributed by atoms with Crippen LogP contribution < -0.4 is 5.73 Å². The minimum atomic E-state index is -4.28. The molecule has 1 aromatic carbocycles. The molecule has 0 unspecified atom stereocenters. The van der Waals surface area contributed by atoms with Crippen molar-refractivity contribution in [1.82, 2.24) is 4.90 Å². The SMILES string of the molecule is CC(C)(C)OC(=O)N1CCC(c2ccc(N)cc2CC(F)(F)F)CC1. The lowest BCUT2D eigenvalue weighted by Crippen LogP contribution is -2.41. The van der Waals surface area contributed by atoms with Gasteiger partial charge in [0.2, 0.25) is 0 Å². The number of piperidine rings is 1. The summed E-state index contributed by atoms with van der Waals surface area (Å²) in [6.45, 7) is 6.34. The Hall–Kier alpha value is -1.92. The number of anilines is 1. The van der Waals surface area contributed by atoms with E-state index in [1.165, 1.54) is 6.07 Å². The molecule has 1 fully saturated rings. The van der Waals surface area contributed by atoms with Crippen LogP contribution in [0.25, 0.3) is 0 Å². The molecule has 1 amide bonds. The minimum Gasteiger partial charge on any atom is -0.444 e. The Morgan fingerprint density at radius 3 is 2.36 bits per heavy atom. The van der Waals surface area contributed by atoms with Crippen LogP contribution in [0.4, 0.5) is 23.7 Å². The largest absolute Gasteiger partial charge is 0.444 e. The molecule has 0 radical (unpaired) electrons. The Kier molecular flexibility index (Phi) is 5.54. The number of rotatable bonds is 2. The van der Waals surface area contributed by atoms with Gasteiger partial charge in [0, 0.05) is 18.8 Å². The predicted molar refractivity (Wildman–Crippen MR) is 90.4 cm³/mol. The third kappa shape index (κ3) is 5.83. The molecule has 0 aliphatic carbocycles. The highest BCUT2D eigenvalue weighted by molar-refractivity contribution is 5.68. The summed E-state index contributed by atoms with van der Waals surface area (Å²) in [6.07, 6.45) is -4.43. The maximum Gasteiger partial charge on any atom is 0.410 e. The fourth-order valence-corrected chi connectivity index (χ4v) is 3.09. The second kappa shape index (κ2) is 7.14. The molecule has 7 heteroatoms. The number of alkyl halides is 3. The quantitative estimate of drug-likeness (QED) is 0.793. The van der Waals surface area contributed by atoms with Crippen molar-refractivity contribution in [2.24, 2.45) is 0 Å². The molecule has 25 heavy (non-hydrogen) atoms. The third-order valence-electron chi connectivity index (χ3n) is 4.14. The molecule has 1 aromatic rings. The number of hydrogen-bond donors (Lipinski definition) is 1. The summed E-state index contributed by atoms with van der Waals surface area (Å²) in [5.41, 5.74) is 6.32. The van der Waals surface area contributed by atoms with Crippen molar-refractivity contribution in [3.8, 4) is 0 Å². The van der Waals surface area contributed by atoms with Gasteiger partial charge in [0.15, 0.2) is 0 Å². The number of nitrogen functional groups attached to an aromatic ring is 1. The predicted octanol–water partition coefficient (Wildman–Crippen LogP) is 4.49. The second-order valence-electron chi connectivity index (χ2n) is 7.49. The smallest absolute Gasteiger partial charge is 0.410 e. The molecule has 1 heterocycles. The van der Waals surface area contributed by atoms with Crippen molar-refractivity contribution < 1.29 is 22.7 Å². The lowest BCUT2D eigenvalue weighted by atomic mass is 9.85. The summed E-state index contributed by atoms with van der Waals surface area (Å²) in [6, 6.07) is 4.72. The van der Waals surface area contributed by atoms with Crippen LogP contribution in [0.2, 0.25) is 0 Å². The van der Waals surface area contributed by atoms with Gasteiger partial charge in [-0.3, -0.25) is 0 Å². The lowest BCUT2D eigenvalue weighted by molar-refractivity contribution is -0.127. The highest BCUT2D eigenvalue weighted by atomic mass is 19.4. The van der Waals surface area contributed by atoms with E-state index in [1.54, 1.807) is 37.8 Å². The first-order valence-electron chi connectivity index (χ1n) is 8.37. The minimum absolute atomic E-state index is 0.0170. The molecule has 2 rings (SSSR count). The number of nitrogens with two attached hydrogens (primary N) is 1. The number of ether oxygens (including phenoxy) is 1. The number of likely N-dealkylation sites (tertiary alicyclic amines) is 1. The molecule has 0 spiro atoms. The Balaban J connectivity index is 2.07. The first kappa shape index (κ1) is 19.4. The normalized spacial score (nSPS) is 16.8. The van der Waals surface area contributed by atoms with E-state index in [1.807, 2.05) is 0 Å². The van der Waals surface area contributed by atoms with Crippen LogP contribution in [0.5, 0.6) is 0 Å². The van der Waals surface area contributed by atoms with Crippen molar-refractivity contribution in [2.45, 2.75) is 57.7 Å². The van der Waals surface area contributed by atoms with E-state index in [9.17, 15) is 18.0 Å². The lowest BCUT2D eigenvalue weighted by Gasteiger charge is -2.34. The molecule has 1 aliphatic heterocycles. The summed E-state index contributed by atoms with van der Waals surface area (Å²) in [7, 11) is 0. The van der Waals surface area contributed by atoms with Gasteiger partial charge >= 0.3 is 12.3 Å². The van der Waals surface area contributed by atoms with E-state index in [0.717, 1.165) is 0 Å². The molecular weight excluding hydrogens is 333 g/mol. The number of hydrogen-bond acceptors (Lipinski definition) is 3. The third-order valence-corrected chi connectivity index (χ3v) is 4.14. The fraction of sp³-hybridized carbons (Fsp3) is 0.611. The average molecular weight is 358 g/mol. The summed E-state index contributed by atoms with van der Waals surface area (Å²) in [5.74, 6) is -0.0170. The van der Waals surface area contributed by atoms with Gasteiger partial charge in [-0.05, 0) is 62.8 Å². The van der Waals surface area contributed by atoms with Gasteiger partial charge in [-0.1, -0.05) is 6.07 Å². The van der Waals surface area contributed by atoms with Crippen LogP contribution in [0.15, 0.2) is 18.2 Å². The zero-order valence-corrected chi connectivity index (χ0v) is 14.8. The molecule has 1 aliphatic rings. The van der Waals surface area contributed by atoms with Gasteiger partial charge < -0.3 is 15.4 Å². The van der Waals surface area contributed by atoms with E-state index < -0.39 is 18.2 Å². The van der Waals surface area contributed by atoms with E-state index in [2.05, 4.69) is 0 Å².